The monoisotopic (exact) mass is 435 g/mol. The van der Waals surface area contributed by atoms with Crippen LogP contribution in [-0.2, 0) is 17.8 Å². The van der Waals surface area contributed by atoms with Crippen LogP contribution >= 0.6 is 27.3 Å². The van der Waals surface area contributed by atoms with Crippen LogP contribution < -0.4 is 10.9 Å². The molecule has 9 heteroatoms. The first-order valence-corrected chi connectivity index (χ1v) is 9.80. The SMILES string of the molecule is CC(C)Cc1nnc(NC(=O)CCn2cnc3ccc(Br)cc3c2=O)s1. The van der Waals surface area contributed by atoms with Gasteiger partial charge in [-0.3, -0.25) is 14.2 Å². The highest BCUT2D eigenvalue weighted by molar-refractivity contribution is 9.10. The predicted octanol–water partition coefficient (Wildman–Crippen LogP) is 3.24. The summed E-state index contributed by atoms with van der Waals surface area (Å²) in [7, 11) is 0. The van der Waals surface area contributed by atoms with Crippen molar-refractivity contribution < 1.29 is 4.79 Å². The largest absolute Gasteiger partial charge is 0.300 e. The molecule has 0 radical (unpaired) electrons. The molecule has 3 rings (SSSR count). The average Bonchev–Trinajstić information content (AvgIpc) is 3.01. The van der Waals surface area contributed by atoms with Gasteiger partial charge in [-0.2, -0.15) is 0 Å². The van der Waals surface area contributed by atoms with E-state index in [-0.39, 0.29) is 24.4 Å². The molecule has 0 aliphatic rings. The Morgan fingerprint density at radius 3 is 2.92 bits per heavy atom. The van der Waals surface area contributed by atoms with Crippen molar-refractivity contribution in [1.29, 1.82) is 0 Å². The van der Waals surface area contributed by atoms with E-state index in [9.17, 15) is 9.59 Å². The highest BCUT2D eigenvalue weighted by Crippen LogP contribution is 2.18. The van der Waals surface area contributed by atoms with E-state index in [1.807, 2.05) is 6.07 Å². The first-order valence-electron chi connectivity index (χ1n) is 8.19. The summed E-state index contributed by atoms with van der Waals surface area (Å²) >= 11 is 4.73. The van der Waals surface area contributed by atoms with E-state index in [0.717, 1.165) is 15.9 Å². The second kappa shape index (κ2) is 8.05. The van der Waals surface area contributed by atoms with Crippen LogP contribution in [0.4, 0.5) is 5.13 Å². The maximum absolute atomic E-state index is 12.5. The van der Waals surface area contributed by atoms with E-state index < -0.39 is 0 Å². The molecule has 0 aliphatic carbocycles. The second-order valence-corrected chi connectivity index (χ2v) is 8.28. The van der Waals surface area contributed by atoms with Gasteiger partial charge in [0.05, 0.1) is 17.2 Å². The molecular weight excluding hydrogens is 418 g/mol. The fourth-order valence-electron chi connectivity index (χ4n) is 2.43. The third-order valence-electron chi connectivity index (χ3n) is 3.66. The van der Waals surface area contributed by atoms with Crippen LogP contribution in [0.1, 0.15) is 25.3 Å². The van der Waals surface area contributed by atoms with Crippen molar-refractivity contribution in [1.82, 2.24) is 19.7 Å². The molecule has 0 fully saturated rings. The zero-order chi connectivity index (χ0) is 18.7. The summed E-state index contributed by atoms with van der Waals surface area (Å²) in [6, 6.07) is 5.35. The molecule has 26 heavy (non-hydrogen) atoms. The number of benzene rings is 1. The molecule has 0 saturated heterocycles. The number of rotatable bonds is 6. The summed E-state index contributed by atoms with van der Waals surface area (Å²) in [5.74, 6) is 0.275. The van der Waals surface area contributed by atoms with Gasteiger partial charge in [0.1, 0.15) is 5.01 Å². The summed E-state index contributed by atoms with van der Waals surface area (Å²) in [5, 5.41) is 12.7. The van der Waals surface area contributed by atoms with Gasteiger partial charge >= 0.3 is 0 Å². The first-order chi connectivity index (χ1) is 12.4. The molecule has 0 unspecified atom stereocenters. The zero-order valence-corrected chi connectivity index (χ0v) is 16.8. The quantitative estimate of drug-likeness (QED) is 0.641. The van der Waals surface area contributed by atoms with Crippen LogP contribution in [0.25, 0.3) is 10.9 Å². The van der Waals surface area contributed by atoms with Gasteiger partial charge in [0.25, 0.3) is 5.56 Å². The number of aromatic nitrogens is 4. The molecule has 0 spiro atoms. The average molecular weight is 436 g/mol. The van der Waals surface area contributed by atoms with Gasteiger partial charge in [-0.15, -0.1) is 10.2 Å². The Hall–Kier alpha value is -2.13. The molecule has 1 amide bonds. The Kier molecular flexibility index (Phi) is 5.77. The highest BCUT2D eigenvalue weighted by atomic mass is 79.9. The lowest BCUT2D eigenvalue weighted by Gasteiger charge is -2.06. The number of hydrogen-bond acceptors (Lipinski definition) is 6. The third-order valence-corrected chi connectivity index (χ3v) is 5.02. The normalized spacial score (nSPS) is 11.2. The number of carbonyl (C=O) groups is 1. The summed E-state index contributed by atoms with van der Waals surface area (Å²) in [6.45, 7) is 4.46. The molecule has 0 atom stereocenters. The van der Waals surface area contributed by atoms with Gasteiger partial charge in [-0.05, 0) is 24.1 Å². The van der Waals surface area contributed by atoms with Crippen molar-refractivity contribution in [2.75, 3.05) is 5.32 Å². The molecule has 1 N–H and O–H groups in total. The molecule has 1 aromatic carbocycles. The molecule has 2 heterocycles. The second-order valence-electron chi connectivity index (χ2n) is 6.30. The number of anilines is 1. The zero-order valence-electron chi connectivity index (χ0n) is 14.4. The van der Waals surface area contributed by atoms with Crippen molar-refractivity contribution >= 4 is 49.2 Å². The Balaban J connectivity index is 1.64. The Morgan fingerprint density at radius 1 is 1.35 bits per heavy atom. The van der Waals surface area contributed by atoms with E-state index in [0.29, 0.717) is 22.0 Å². The highest BCUT2D eigenvalue weighted by Gasteiger charge is 2.11. The molecular formula is C17H18BrN5O2S. The molecule has 0 aliphatic heterocycles. The minimum Gasteiger partial charge on any atom is -0.300 e. The smallest absolute Gasteiger partial charge is 0.261 e. The van der Waals surface area contributed by atoms with Gasteiger partial charge in [0.2, 0.25) is 11.0 Å². The van der Waals surface area contributed by atoms with E-state index in [4.69, 9.17) is 0 Å². The van der Waals surface area contributed by atoms with E-state index in [2.05, 4.69) is 50.3 Å². The van der Waals surface area contributed by atoms with Crippen LogP contribution in [0.5, 0.6) is 0 Å². The van der Waals surface area contributed by atoms with Gasteiger partial charge in [-0.25, -0.2) is 4.98 Å². The number of halogens is 1. The van der Waals surface area contributed by atoms with Crippen LogP contribution in [-0.4, -0.2) is 25.7 Å². The number of nitrogens with zero attached hydrogens (tertiary/aromatic N) is 4. The van der Waals surface area contributed by atoms with Crippen molar-refractivity contribution in [2.45, 2.75) is 33.2 Å². The Morgan fingerprint density at radius 2 is 2.15 bits per heavy atom. The first kappa shape index (κ1) is 18.7. The number of carbonyl (C=O) groups excluding carboxylic acids is 1. The van der Waals surface area contributed by atoms with Crippen LogP contribution in [0.2, 0.25) is 0 Å². The van der Waals surface area contributed by atoms with Crippen LogP contribution in [0.3, 0.4) is 0 Å². The van der Waals surface area contributed by atoms with Crippen LogP contribution in [0, 0.1) is 5.92 Å². The summed E-state index contributed by atoms with van der Waals surface area (Å²) in [5.41, 5.74) is 0.463. The van der Waals surface area contributed by atoms with Gasteiger partial charge < -0.3 is 5.32 Å². The summed E-state index contributed by atoms with van der Waals surface area (Å²) in [4.78, 5) is 28.9. The molecule has 0 bridgehead atoms. The number of hydrogen-bond donors (Lipinski definition) is 1. The number of aryl methyl sites for hydroxylation is 1. The van der Waals surface area contributed by atoms with Crippen molar-refractivity contribution in [2.24, 2.45) is 5.92 Å². The summed E-state index contributed by atoms with van der Waals surface area (Å²) < 4.78 is 2.26. The minimum atomic E-state index is -0.210. The Bertz CT molecular complexity index is 998. The maximum atomic E-state index is 12.5. The van der Waals surface area contributed by atoms with E-state index >= 15 is 0 Å². The number of nitrogens with one attached hydrogen (secondary N) is 1. The molecule has 2 aromatic heterocycles. The number of amides is 1. The van der Waals surface area contributed by atoms with Gasteiger partial charge in [0.15, 0.2) is 0 Å². The van der Waals surface area contributed by atoms with E-state index in [1.54, 1.807) is 12.1 Å². The molecule has 7 nitrogen and oxygen atoms in total. The maximum Gasteiger partial charge on any atom is 0.261 e. The fourth-order valence-corrected chi connectivity index (χ4v) is 3.76. The van der Waals surface area contributed by atoms with Crippen molar-refractivity contribution in [3.05, 3.63) is 44.4 Å². The lowest BCUT2D eigenvalue weighted by atomic mass is 10.1. The predicted molar refractivity (Wildman–Crippen MR) is 105 cm³/mol. The molecule has 0 saturated carbocycles. The van der Waals surface area contributed by atoms with Crippen molar-refractivity contribution in [3.63, 3.8) is 0 Å². The molecule has 3 aromatic rings. The number of fused-ring (bicyclic) bond motifs is 1. The lowest BCUT2D eigenvalue weighted by molar-refractivity contribution is -0.116. The minimum absolute atomic E-state index is 0.153. The molecule has 136 valence electrons. The fraction of sp³-hybridized carbons (Fsp3) is 0.353. The van der Waals surface area contributed by atoms with E-state index in [1.165, 1.54) is 22.2 Å². The lowest BCUT2D eigenvalue weighted by Crippen LogP contribution is -2.23. The topological polar surface area (TPSA) is 89.8 Å². The standard InChI is InChI=1S/C17H18BrN5O2S/c1-10(2)7-15-21-22-17(26-15)20-14(24)5-6-23-9-19-13-4-3-11(18)8-12(13)16(23)25/h3-4,8-10H,5-7H2,1-2H3,(H,20,22,24). The summed E-state index contributed by atoms with van der Waals surface area (Å²) in [6.07, 6.45) is 2.46. The Labute approximate surface area is 162 Å². The van der Waals surface area contributed by atoms with Crippen LogP contribution in [0.15, 0.2) is 33.8 Å². The van der Waals surface area contributed by atoms with Gasteiger partial charge in [-0.1, -0.05) is 41.1 Å². The van der Waals surface area contributed by atoms with Crippen molar-refractivity contribution in [3.8, 4) is 0 Å². The third kappa shape index (κ3) is 4.53. The van der Waals surface area contributed by atoms with Gasteiger partial charge in [0, 0.05) is 23.9 Å².